The first-order chi connectivity index (χ1) is 6.61. The summed E-state index contributed by atoms with van der Waals surface area (Å²) in [6.07, 6.45) is 2.19. The van der Waals surface area contributed by atoms with E-state index in [1.54, 1.807) is 6.07 Å². The minimum atomic E-state index is -0.464. The Morgan fingerprint density at radius 3 is 2.60 bits per heavy atom. The second-order valence-corrected chi connectivity index (χ2v) is 4.46. The van der Waals surface area contributed by atoms with E-state index in [0.29, 0.717) is 11.5 Å². The fourth-order valence-corrected chi connectivity index (χ4v) is 1.89. The average Bonchev–Trinajstić information content (AvgIpc) is 2.97. The average molecular weight is 297 g/mol. The van der Waals surface area contributed by atoms with Gasteiger partial charge in [-0.15, -0.1) is 12.4 Å². The van der Waals surface area contributed by atoms with Gasteiger partial charge in [0, 0.05) is 11.6 Å². The number of halogens is 3. The molecule has 0 amide bonds. The van der Waals surface area contributed by atoms with Gasteiger partial charge in [0.1, 0.15) is 11.6 Å². The molecule has 0 heterocycles. The lowest BCUT2D eigenvalue weighted by Gasteiger charge is -2.13. The molecule has 84 valence electrons. The summed E-state index contributed by atoms with van der Waals surface area (Å²) < 4.78 is 13.1. The van der Waals surface area contributed by atoms with Crippen molar-refractivity contribution >= 4 is 28.3 Å². The van der Waals surface area contributed by atoms with Crippen molar-refractivity contribution in [3.05, 3.63) is 28.0 Å². The summed E-state index contributed by atoms with van der Waals surface area (Å²) in [5.41, 5.74) is 6.54. The lowest BCUT2D eigenvalue weighted by atomic mass is 10.0. The van der Waals surface area contributed by atoms with Gasteiger partial charge in [0.2, 0.25) is 0 Å². The van der Waals surface area contributed by atoms with Crippen molar-refractivity contribution in [3.63, 3.8) is 0 Å². The number of benzene rings is 1. The van der Waals surface area contributed by atoms with Gasteiger partial charge in [-0.05, 0) is 40.8 Å². The summed E-state index contributed by atoms with van der Waals surface area (Å²) in [6, 6.07) is 2.70. The van der Waals surface area contributed by atoms with Crippen molar-refractivity contribution in [1.82, 2.24) is 0 Å². The van der Waals surface area contributed by atoms with Crippen LogP contribution in [0.5, 0.6) is 5.75 Å². The highest BCUT2D eigenvalue weighted by Crippen LogP contribution is 2.43. The summed E-state index contributed by atoms with van der Waals surface area (Å²) in [6.45, 7) is 0. The molecule has 0 spiro atoms. The second-order valence-electron chi connectivity index (χ2n) is 3.66. The Morgan fingerprint density at radius 1 is 1.47 bits per heavy atom. The fraction of sp³-hybridized carbons (Fsp3) is 0.400. The quantitative estimate of drug-likeness (QED) is 0.881. The fourth-order valence-electron chi connectivity index (χ4n) is 1.53. The van der Waals surface area contributed by atoms with Gasteiger partial charge in [-0.3, -0.25) is 0 Å². The normalized spacial score (nSPS) is 17.0. The number of phenolic OH excluding ortho intramolecular Hbond substituents is 1. The van der Waals surface area contributed by atoms with Gasteiger partial charge in [-0.25, -0.2) is 4.39 Å². The molecule has 0 aliphatic heterocycles. The lowest BCUT2D eigenvalue weighted by Crippen LogP contribution is -2.12. The third kappa shape index (κ3) is 2.44. The number of phenols is 1. The highest BCUT2D eigenvalue weighted by atomic mass is 79.9. The number of nitrogens with two attached hydrogens (primary N) is 1. The molecule has 0 saturated heterocycles. The molecule has 1 aliphatic carbocycles. The first-order valence-electron chi connectivity index (χ1n) is 4.53. The maximum Gasteiger partial charge on any atom is 0.141 e. The van der Waals surface area contributed by atoms with Crippen LogP contribution in [0.1, 0.15) is 24.4 Å². The minimum absolute atomic E-state index is 0. The molecule has 0 bridgehead atoms. The van der Waals surface area contributed by atoms with Crippen LogP contribution in [0.25, 0.3) is 0 Å². The highest BCUT2D eigenvalue weighted by molar-refractivity contribution is 9.10. The predicted octanol–water partition coefficient (Wildman–Crippen LogP) is 3.13. The van der Waals surface area contributed by atoms with Crippen molar-refractivity contribution in [1.29, 1.82) is 0 Å². The van der Waals surface area contributed by atoms with Crippen molar-refractivity contribution < 1.29 is 9.50 Å². The SMILES string of the molecule is Cl.N[C@H](c1ccc(F)c(Br)c1O)C1CC1. The molecule has 0 radical (unpaired) electrons. The zero-order valence-electron chi connectivity index (χ0n) is 7.91. The Morgan fingerprint density at radius 2 is 2.07 bits per heavy atom. The third-order valence-electron chi connectivity index (χ3n) is 2.59. The molecule has 1 fully saturated rings. The van der Waals surface area contributed by atoms with Crippen LogP contribution < -0.4 is 5.73 Å². The molecule has 15 heavy (non-hydrogen) atoms. The Hall–Kier alpha value is -0.320. The largest absolute Gasteiger partial charge is 0.506 e. The molecule has 0 aromatic heterocycles. The monoisotopic (exact) mass is 295 g/mol. The molecular weight excluding hydrogens is 284 g/mol. The van der Waals surface area contributed by atoms with Gasteiger partial charge in [0.05, 0.1) is 4.47 Å². The van der Waals surface area contributed by atoms with Gasteiger partial charge in [-0.2, -0.15) is 0 Å². The molecule has 1 aromatic rings. The van der Waals surface area contributed by atoms with E-state index in [1.807, 2.05) is 0 Å². The van der Waals surface area contributed by atoms with Crippen molar-refractivity contribution in [2.75, 3.05) is 0 Å². The van der Waals surface area contributed by atoms with Crippen LogP contribution in [-0.4, -0.2) is 5.11 Å². The Kier molecular flexibility index (Phi) is 3.98. The Bertz CT molecular complexity index is 371. The third-order valence-corrected chi connectivity index (χ3v) is 3.34. The second kappa shape index (κ2) is 4.68. The molecule has 0 unspecified atom stereocenters. The lowest BCUT2D eigenvalue weighted by molar-refractivity contribution is 0.445. The number of aromatic hydroxyl groups is 1. The van der Waals surface area contributed by atoms with Gasteiger partial charge in [-0.1, -0.05) is 6.07 Å². The first kappa shape index (κ1) is 12.7. The van der Waals surface area contributed by atoms with Crippen LogP contribution in [0.2, 0.25) is 0 Å². The molecule has 2 nitrogen and oxygen atoms in total. The van der Waals surface area contributed by atoms with Crippen molar-refractivity contribution in [2.24, 2.45) is 11.7 Å². The summed E-state index contributed by atoms with van der Waals surface area (Å²) >= 11 is 2.99. The van der Waals surface area contributed by atoms with Gasteiger partial charge in [0.25, 0.3) is 0 Å². The van der Waals surface area contributed by atoms with Gasteiger partial charge in [0.15, 0.2) is 0 Å². The standard InChI is InChI=1S/C10H11BrFNO.ClH/c11-8-7(12)4-3-6(10(8)14)9(13)5-1-2-5;/h3-5,9,14H,1-2,13H2;1H/t9-;/m0./s1. The summed E-state index contributed by atoms with van der Waals surface area (Å²) in [5, 5.41) is 9.66. The van der Waals surface area contributed by atoms with E-state index in [2.05, 4.69) is 15.9 Å². The van der Waals surface area contributed by atoms with Crippen LogP contribution in [0.3, 0.4) is 0 Å². The van der Waals surface area contributed by atoms with Crippen LogP contribution >= 0.6 is 28.3 Å². The minimum Gasteiger partial charge on any atom is -0.506 e. The number of hydrogen-bond donors (Lipinski definition) is 2. The van der Waals surface area contributed by atoms with Crippen molar-refractivity contribution in [3.8, 4) is 5.75 Å². The summed E-state index contributed by atoms with van der Waals surface area (Å²) in [7, 11) is 0. The summed E-state index contributed by atoms with van der Waals surface area (Å²) in [4.78, 5) is 0. The first-order valence-corrected chi connectivity index (χ1v) is 5.33. The maximum absolute atomic E-state index is 13.0. The van der Waals surface area contributed by atoms with Crippen LogP contribution in [0.4, 0.5) is 4.39 Å². The smallest absolute Gasteiger partial charge is 0.141 e. The van der Waals surface area contributed by atoms with Crippen LogP contribution in [0.15, 0.2) is 16.6 Å². The van der Waals surface area contributed by atoms with E-state index in [4.69, 9.17) is 5.73 Å². The molecule has 1 aliphatic rings. The van der Waals surface area contributed by atoms with E-state index >= 15 is 0 Å². The zero-order valence-corrected chi connectivity index (χ0v) is 10.3. The molecule has 5 heteroatoms. The molecule has 1 aromatic carbocycles. The van der Waals surface area contributed by atoms with Gasteiger partial charge >= 0.3 is 0 Å². The molecular formula is C10H12BrClFNO. The molecule has 1 saturated carbocycles. The number of rotatable bonds is 2. The van der Waals surface area contributed by atoms with E-state index in [9.17, 15) is 9.50 Å². The molecule has 1 atom stereocenters. The predicted molar refractivity (Wildman–Crippen MR) is 62.7 cm³/mol. The topological polar surface area (TPSA) is 46.2 Å². The van der Waals surface area contributed by atoms with Crippen molar-refractivity contribution in [2.45, 2.75) is 18.9 Å². The van der Waals surface area contributed by atoms with E-state index in [0.717, 1.165) is 12.8 Å². The van der Waals surface area contributed by atoms with E-state index in [1.165, 1.54) is 6.07 Å². The maximum atomic E-state index is 13.0. The molecule has 2 rings (SSSR count). The highest BCUT2D eigenvalue weighted by Gasteiger charge is 2.31. The Labute approximate surface area is 102 Å². The summed E-state index contributed by atoms with van der Waals surface area (Å²) in [5.74, 6) is -0.0862. The van der Waals surface area contributed by atoms with E-state index in [-0.39, 0.29) is 28.7 Å². The van der Waals surface area contributed by atoms with Gasteiger partial charge < -0.3 is 10.8 Å². The van der Waals surface area contributed by atoms with Crippen LogP contribution in [0, 0.1) is 11.7 Å². The Balaban J connectivity index is 0.00000112. The van der Waals surface area contributed by atoms with E-state index < -0.39 is 5.82 Å². The zero-order chi connectivity index (χ0) is 10.3. The molecule has 3 N–H and O–H groups in total. The van der Waals surface area contributed by atoms with Crippen LogP contribution in [-0.2, 0) is 0 Å². The number of hydrogen-bond acceptors (Lipinski definition) is 2.